The van der Waals surface area contributed by atoms with Gasteiger partial charge in [0.05, 0.1) is 7.11 Å². The Balaban J connectivity index is 2.55. The van der Waals surface area contributed by atoms with Gasteiger partial charge in [0, 0.05) is 24.8 Å². The van der Waals surface area contributed by atoms with E-state index in [0.29, 0.717) is 0 Å². The van der Waals surface area contributed by atoms with Crippen molar-refractivity contribution in [2.45, 2.75) is 65.2 Å². The molecule has 0 heterocycles. The third-order valence-corrected chi connectivity index (χ3v) is 4.53. The first kappa shape index (κ1) is 20.8. The lowest BCUT2D eigenvalue weighted by Gasteiger charge is -2.26. The Morgan fingerprint density at radius 2 is 1.62 bits per heavy atom. The minimum atomic E-state index is 0.830. The van der Waals surface area contributed by atoms with Gasteiger partial charge in [-0.05, 0) is 37.2 Å². The number of unbranched alkanes of at least 4 members (excludes halogenated alkanes) is 6. The highest BCUT2D eigenvalue weighted by molar-refractivity contribution is 7.80. The van der Waals surface area contributed by atoms with Gasteiger partial charge in [-0.3, -0.25) is 0 Å². The molecule has 4 heteroatoms. The molecule has 0 aromatic heterocycles. The minimum Gasteiger partial charge on any atom is -0.497 e. The number of nitrogens with zero attached hydrogens (tertiary/aromatic N) is 1. The zero-order valence-electron chi connectivity index (χ0n) is 15.6. The molecule has 0 aliphatic carbocycles. The molecule has 136 valence electrons. The van der Waals surface area contributed by atoms with Crippen molar-refractivity contribution in [3.05, 3.63) is 24.3 Å². The van der Waals surface area contributed by atoms with Crippen LogP contribution in [-0.4, -0.2) is 30.2 Å². The number of benzene rings is 1. The topological polar surface area (TPSA) is 24.5 Å². The molecular weight excluding hydrogens is 316 g/mol. The summed E-state index contributed by atoms with van der Waals surface area (Å²) in [5.74, 6) is 0.847. The maximum Gasteiger partial charge on any atom is 0.173 e. The molecule has 24 heavy (non-hydrogen) atoms. The largest absolute Gasteiger partial charge is 0.497 e. The fourth-order valence-corrected chi connectivity index (χ4v) is 2.98. The van der Waals surface area contributed by atoms with Crippen molar-refractivity contribution in [2.24, 2.45) is 0 Å². The van der Waals surface area contributed by atoms with E-state index in [9.17, 15) is 0 Å². The molecular formula is C20H34N2OS. The van der Waals surface area contributed by atoms with E-state index in [4.69, 9.17) is 17.0 Å². The summed E-state index contributed by atoms with van der Waals surface area (Å²) in [4.78, 5) is 2.33. The number of ether oxygens (including phenoxy) is 1. The Morgan fingerprint density at radius 3 is 2.17 bits per heavy atom. The maximum atomic E-state index is 5.67. The van der Waals surface area contributed by atoms with Gasteiger partial charge in [-0.15, -0.1) is 0 Å². The molecule has 3 nitrogen and oxygen atoms in total. The van der Waals surface area contributed by atoms with Crippen molar-refractivity contribution >= 4 is 23.0 Å². The molecule has 1 aromatic carbocycles. The lowest BCUT2D eigenvalue weighted by molar-refractivity contribution is 0.391. The summed E-state index contributed by atoms with van der Waals surface area (Å²) >= 11 is 5.67. The first-order valence-corrected chi connectivity index (χ1v) is 9.82. The van der Waals surface area contributed by atoms with E-state index < -0.39 is 0 Å². The molecule has 0 bridgehead atoms. The molecule has 0 radical (unpaired) electrons. The first-order valence-electron chi connectivity index (χ1n) is 9.41. The molecule has 1 aromatic rings. The molecule has 0 aliphatic heterocycles. The van der Waals surface area contributed by atoms with Crippen LogP contribution in [0.5, 0.6) is 5.75 Å². The average molecular weight is 351 g/mol. The highest BCUT2D eigenvalue weighted by atomic mass is 32.1. The van der Waals surface area contributed by atoms with Crippen LogP contribution in [0.15, 0.2) is 24.3 Å². The van der Waals surface area contributed by atoms with Crippen LogP contribution in [0.3, 0.4) is 0 Å². The van der Waals surface area contributed by atoms with Crippen LogP contribution in [0.25, 0.3) is 0 Å². The summed E-state index contributed by atoms with van der Waals surface area (Å²) in [6.45, 7) is 6.58. The lowest BCUT2D eigenvalue weighted by atomic mass is 10.2. The zero-order chi connectivity index (χ0) is 17.6. The first-order chi connectivity index (χ1) is 11.7. The highest BCUT2D eigenvalue weighted by Crippen LogP contribution is 2.17. The van der Waals surface area contributed by atoms with Gasteiger partial charge in [-0.25, -0.2) is 0 Å². The number of anilines is 1. The molecule has 0 atom stereocenters. The summed E-state index contributed by atoms with van der Waals surface area (Å²) in [6, 6.07) is 7.94. The SMILES string of the molecule is CCCCCCN(CCCCCC)C(=S)Nc1cccc(OC)c1. The smallest absolute Gasteiger partial charge is 0.173 e. The van der Waals surface area contributed by atoms with Crippen molar-refractivity contribution in [3.63, 3.8) is 0 Å². The molecule has 1 rings (SSSR count). The number of nitrogens with one attached hydrogen (secondary N) is 1. The van der Waals surface area contributed by atoms with Gasteiger partial charge in [0.2, 0.25) is 0 Å². The van der Waals surface area contributed by atoms with Crippen molar-refractivity contribution in [1.82, 2.24) is 4.90 Å². The lowest BCUT2D eigenvalue weighted by Crippen LogP contribution is -2.36. The van der Waals surface area contributed by atoms with Gasteiger partial charge >= 0.3 is 0 Å². The summed E-state index contributed by atoms with van der Waals surface area (Å²) in [5, 5.41) is 4.21. The Morgan fingerprint density at radius 1 is 1.00 bits per heavy atom. The van der Waals surface area contributed by atoms with Crippen LogP contribution >= 0.6 is 12.2 Å². The molecule has 0 saturated heterocycles. The van der Waals surface area contributed by atoms with E-state index in [0.717, 1.165) is 29.6 Å². The van der Waals surface area contributed by atoms with E-state index in [1.165, 1.54) is 51.4 Å². The second kappa shape index (κ2) is 13.1. The average Bonchev–Trinajstić information content (AvgIpc) is 2.60. The molecule has 0 aliphatic rings. The molecule has 0 amide bonds. The summed E-state index contributed by atoms with van der Waals surface area (Å²) in [5.41, 5.74) is 0.992. The van der Waals surface area contributed by atoms with Gasteiger partial charge in [0.1, 0.15) is 5.75 Å². The van der Waals surface area contributed by atoms with Crippen molar-refractivity contribution in [2.75, 3.05) is 25.5 Å². The van der Waals surface area contributed by atoms with E-state index in [-0.39, 0.29) is 0 Å². The van der Waals surface area contributed by atoms with E-state index >= 15 is 0 Å². The fourth-order valence-electron chi connectivity index (χ4n) is 2.68. The molecule has 0 fully saturated rings. The molecule has 1 N–H and O–H groups in total. The second-order valence-electron chi connectivity index (χ2n) is 6.27. The molecule has 0 spiro atoms. The number of methoxy groups -OCH3 is 1. The fraction of sp³-hybridized carbons (Fsp3) is 0.650. The quantitative estimate of drug-likeness (QED) is 0.377. The highest BCUT2D eigenvalue weighted by Gasteiger charge is 2.10. The van der Waals surface area contributed by atoms with E-state index in [1.54, 1.807) is 7.11 Å². The van der Waals surface area contributed by atoms with Gasteiger partial charge in [-0.1, -0.05) is 58.4 Å². The van der Waals surface area contributed by atoms with Crippen LogP contribution < -0.4 is 10.1 Å². The summed E-state index contributed by atoms with van der Waals surface area (Å²) in [6.07, 6.45) is 10.1. The van der Waals surface area contributed by atoms with Gasteiger partial charge < -0.3 is 15.0 Å². The Hall–Kier alpha value is -1.29. The third-order valence-electron chi connectivity index (χ3n) is 4.17. The van der Waals surface area contributed by atoms with Crippen LogP contribution in [0.2, 0.25) is 0 Å². The number of rotatable bonds is 12. The predicted molar refractivity (Wildman–Crippen MR) is 109 cm³/mol. The molecule has 0 saturated carbocycles. The van der Waals surface area contributed by atoms with Gasteiger partial charge in [0.25, 0.3) is 0 Å². The third kappa shape index (κ3) is 8.53. The summed E-state index contributed by atoms with van der Waals surface area (Å²) < 4.78 is 5.28. The Labute approximate surface area is 153 Å². The standard InChI is InChI=1S/C20H34N2OS/c1-4-6-8-10-15-22(16-11-9-7-5-2)20(24)21-18-13-12-14-19(17-18)23-3/h12-14,17H,4-11,15-16H2,1-3H3,(H,21,24). The van der Waals surface area contributed by atoms with Crippen LogP contribution in [0.4, 0.5) is 5.69 Å². The van der Waals surface area contributed by atoms with Crippen LogP contribution in [0.1, 0.15) is 65.2 Å². The van der Waals surface area contributed by atoms with Gasteiger partial charge in [0.15, 0.2) is 5.11 Å². The zero-order valence-corrected chi connectivity index (χ0v) is 16.5. The minimum absolute atomic E-state index is 0.830. The Kier molecular flexibility index (Phi) is 11.3. The van der Waals surface area contributed by atoms with Crippen molar-refractivity contribution < 1.29 is 4.74 Å². The van der Waals surface area contributed by atoms with Crippen LogP contribution in [0, 0.1) is 0 Å². The molecule has 0 unspecified atom stereocenters. The van der Waals surface area contributed by atoms with E-state index in [2.05, 4.69) is 24.1 Å². The monoisotopic (exact) mass is 350 g/mol. The Bertz CT molecular complexity index is 453. The van der Waals surface area contributed by atoms with Gasteiger partial charge in [-0.2, -0.15) is 0 Å². The normalized spacial score (nSPS) is 10.5. The predicted octanol–water partition coefficient (Wildman–Crippen LogP) is 5.85. The second-order valence-corrected chi connectivity index (χ2v) is 6.66. The number of hydrogen-bond donors (Lipinski definition) is 1. The number of thiocarbonyl (C=S) groups is 1. The maximum absolute atomic E-state index is 5.67. The van der Waals surface area contributed by atoms with Crippen LogP contribution in [-0.2, 0) is 0 Å². The number of hydrogen-bond acceptors (Lipinski definition) is 2. The summed E-state index contributed by atoms with van der Waals surface area (Å²) in [7, 11) is 1.69. The van der Waals surface area contributed by atoms with E-state index in [1.807, 2.05) is 24.3 Å². The van der Waals surface area contributed by atoms with Crippen molar-refractivity contribution in [1.29, 1.82) is 0 Å². The van der Waals surface area contributed by atoms with Crippen molar-refractivity contribution in [3.8, 4) is 5.75 Å².